The quantitative estimate of drug-likeness (QED) is 0.853. The molecule has 2 rings (SSSR count). The van der Waals surface area contributed by atoms with Crippen LogP contribution in [0.15, 0.2) is 47.4 Å². The van der Waals surface area contributed by atoms with Crippen molar-refractivity contribution in [1.29, 1.82) is 0 Å². The van der Waals surface area contributed by atoms with E-state index in [1.807, 2.05) is 19.1 Å². The fourth-order valence-electron chi connectivity index (χ4n) is 2.28. The van der Waals surface area contributed by atoms with Crippen LogP contribution in [0.4, 0.5) is 14.5 Å². The van der Waals surface area contributed by atoms with Gasteiger partial charge in [-0.1, -0.05) is 25.1 Å². The predicted molar refractivity (Wildman–Crippen MR) is 90.6 cm³/mol. The van der Waals surface area contributed by atoms with Crippen LogP contribution in [0.25, 0.3) is 0 Å². The first-order valence-corrected chi connectivity index (χ1v) is 8.99. The highest BCUT2D eigenvalue weighted by Gasteiger charge is 2.26. The molecule has 0 aliphatic carbocycles. The Labute approximate surface area is 145 Å². The molecule has 8 heteroatoms. The molecule has 0 saturated heterocycles. The van der Waals surface area contributed by atoms with Crippen LogP contribution >= 0.6 is 0 Å². The van der Waals surface area contributed by atoms with Gasteiger partial charge in [-0.05, 0) is 30.2 Å². The van der Waals surface area contributed by atoms with Crippen LogP contribution in [0.3, 0.4) is 0 Å². The van der Waals surface area contributed by atoms with Crippen molar-refractivity contribution in [3.05, 3.63) is 59.7 Å². The Morgan fingerprint density at radius 1 is 1.16 bits per heavy atom. The zero-order chi connectivity index (χ0) is 18.6. The number of rotatable bonds is 6. The van der Waals surface area contributed by atoms with Crippen LogP contribution in [-0.2, 0) is 21.2 Å². The predicted octanol–water partition coefficient (Wildman–Crippen LogP) is 2.79. The Balaban J connectivity index is 2.15. The zero-order valence-electron chi connectivity index (χ0n) is 13.8. The van der Waals surface area contributed by atoms with Gasteiger partial charge < -0.3 is 5.32 Å². The minimum Gasteiger partial charge on any atom is -0.325 e. The second-order valence-electron chi connectivity index (χ2n) is 5.39. The van der Waals surface area contributed by atoms with Crippen molar-refractivity contribution in [3.8, 4) is 0 Å². The third kappa shape index (κ3) is 4.40. The van der Waals surface area contributed by atoms with Crippen molar-refractivity contribution >= 4 is 21.6 Å². The molecule has 0 heterocycles. The molecule has 0 atom stereocenters. The minimum atomic E-state index is -4.26. The fourth-order valence-corrected chi connectivity index (χ4v) is 3.45. The lowest BCUT2D eigenvalue weighted by atomic mass is 10.1. The molecular weight excluding hydrogens is 350 g/mol. The maximum atomic E-state index is 13.7. The molecule has 25 heavy (non-hydrogen) atoms. The number of benzene rings is 2. The number of nitrogens with zero attached hydrogens (tertiary/aromatic N) is 1. The molecule has 0 bridgehead atoms. The van der Waals surface area contributed by atoms with Gasteiger partial charge in [0.15, 0.2) is 0 Å². The van der Waals surface area contributed by atoms with Gasteiger partial charge in [0.1, 0.15) is 16.5 Å². The number of carbonyl (C=O) groups is 1. The van der Waals surface area contributed by atoms with Crippen molar-refractivity contribution in [2.45, 2.75) is 18.2 Å². The van der Waals surface area contributed by atoms with Crippen molar-refractivity contribution < 1.29 is 22.0 Å². The highest BCUT2D eigenvalue weighted by molar-refractivity contribution is 7.89. The largest absolute Gasteiger partial charge is 0.325 e. The molecule has 5 nitrogen and oxygen atoms in total. The number of para-hydroxylation sites is 1. The summed E-state index contributed by atoms with van der Waals surface area (Å²) in [6, 6.07) is 9.32. The Hall–Kier alpha value is -2.32. The number of nitrogens with one attached hydrogen (secondary N) is 1. The molecule has 0 aliphatic rings. The summed E-state index contributed by atoms with van der Waals surface area (Å²) in [5.74, 6) is -2.65. The van der Waals surface area contributed by atoms with Crippen LogP contribution in [0.5, 0.6) is 0 Å². The van der Waals surface area contributed by atoms with E-state index in [0.717, 1.165) is 24.7 Å². The number of halogens is 2. The Morgan fingerprint density at radius 3 is 2.48 bits per heavy atom. The van der Waals surface area contributed by atoms with E-state index >= 15 is 0 Å². The molecule has 0 aromatic heterocycles. The average Bonchev–Trinajstić information content (AvgIpc) is 2.54. The van der Waals surface area contributed by atoms with Gasteiger partial charge in [0.2, 0.25) is 15.9 Å². The van der Waals surface area contributed by atoms with E-state index in [0.29, 0.717) is 22.5 Å². The van der Waals surface area contributed by atoms with Crippen molar-refractivity contribution in [1.82, 2.24) is 4.31 Å². The number of hydrogen-bond donors (Lipinski definition) is 1. The molecule has 134 valence electrons. The van der Waals surface area contributed by atoms with Crippen molar-refractivity contribution in [2.75, 3.05) is 18.9 Å². The van der Waals surface area contributed by atoms with E-state index in [4.69, 9.17) is 0 Å². The smallest absolute Gasteiger partial charge is 0.246 e. The summed E-state index contributed by atoms with van der Waals surface area (Å²) in [4.78, 5) is 11.5. The van der Waals surface area contributed by atoms with Gasteiger partial charge in [0.25, 0.3) is 0 Å². The van der Waals surface area contributed by atoms with E-state index < -0.39 is 39.0 Å². The molecule has 1 N–H and O–H groups in total. The van der Waals surface area contributed by atoms with E-state index in [-0.39, 0.29) is 0 Å². The molecule has 0 spiro atoms. The SMILES string of the molecule is CCc1ccccc1NC(=O)CN(C)S(=O)(=O)c1ccc(F)cc1F. The first-order valence-electron chi connectivity index (χ1n) is 7.55. The first kappa shape index (κ1) is 19.0. The molecule has 1 amide bonds. The average molecular weight is 368 g/mol. The third-order valence-electron chi connectivity index (χ3n) is 3.62. The zero-order valence-corrected chi connectivity index (χ0v) is 14.6. The fraction of sp³-hybridized carbons (Fsp3) is 0.235. The number of anilines is 1. The van der Waals surface area contributed by atoms with Gasteiger partial charge in [-0.2, -0.15) is 4.31 Å². The second kappa shape index (κ2) is 7.71. The molecular formula is C17H18F2N2O3S. The summed E-state index contributed by atoms with van der Waals surface area (Å²) in [6.07, 6.45) is 0.700. The van der Waals surface area contributed by atoms with Crippen LogP contribution in [0.1, 0.15) is 12.5 Å². The summed E-state index contributed by atoms with van der Waals surface area (Å²) < 4.78 is 52.1. The van der Waals surface area contributed by atoms with Gasteiger partial charge in [-0.15, -0.1) is 0 Å². The van der Waals surface area contributed by atoms with Crippen molar-refractivity contribution in [2.24, 2.45) is 0 Å². The third-order valence-corrected chi connectivity index (χ3v) is 5.46. The van der Waals surface area contributed by atoms with Crippen LogP contribution in [-0.4, -0.2) is 32.2 Å². The molecule has 0 radical (unpaired) electrons. The summed E-state index contributed by atoms with van der Waals surface area (Å²) >= 11 is 0. The number of hydrogen-bond acceptors (Lipinski definition) is 3. The van der Waals surface area contributed by atoms with Crippen LogP contribution < -0.4 is 5.32 Å². The van der Waals surface area contributed by atoms with Crippen LogP contribution in [0, 0.1) is 11.6 Å². The Morgan fingerprint density at radius 2 is 1.84 bits per heavy atom. The second-order valence-corrected chi connectivity index (χ2v) is 7.41. The lowest BCUT2D eigenvalue weighted by molar-refractivity contribution is -0.116. The van der Waals surface area contributed by atoms with Crippen LogP contribution in [0.2, 0.25) is 0 Å². The summed E-state index contributed by atoms with van der Waals surface area (Å²) in [5.41, 5.74) is 1.50. The summed E-state index contributed by atoms with van der Waals surface area (Å²) in [5, 5.41) is 2.64. The number of likely N-dealkylation sites (N-methyl/N-ethyl adjacent to an activating group) is 1. The topological polar surface area (TPSA) is 66.5 Å². The molecule has 0 saturated carbocycles. The number of aryl methyl sites for hydroxylation is 1. The number of amides is 1. The van der Waals surface area contributed by atoms with E-state index in [1.165, 1.54) is 0 Å². The standard InChI is InChI=1S/C17H18F2N2O3S/c1-3-12-6-4-5-7-15(12)20-17(22)11-21(2)25(23,24)16-9-8-13(18)10-14(16)19/h4-10H,3,11H2,1-2H3,(H,20,22). The van der Waals surface area contributed by atoms with Gasteiger partial charge in [0.05, 0.1) is 6.54 Å². The Bertz CT molecular complexity index is 885. The molecule has 2 aromatic rings. The summed E-state index contributed by atoms with van der Waals surface area (Å²) in [6.45, 7) is 1.43. The number of carbonyl (C=O) groups excluding carboxylic acids is 1. The molecule has 0 fully saturated rings. The van der Waals surface area contributed by atoms with Crippen molar-refractivity contribution in [3.63, 3.8) is 0 Å². The van der Waals surface area contributed by atoms with E-state index in [1.54, 1.807) is 12.1 Å². The summed E-state index contributed by atoms with van der Waals surface area (Å²) in [7, 11) is -3.10. The molecule has 2 aromatic carbocycles. The normalized spacial score (nSPS) is 11.6. The highest BCUT2D eigenvalue weighted by Crippen LogP contribution is 2.20. The van der Waals surface area contributed by atoms with E-state index in [2.05, 4.69) is 5.32 Å². The maximum Gasteiger partial charge on any atom is 0.246 e. The van der Waals surface area contributed by atoms with Gasteiger partial charge in [-0.25, -0.2) is 17.2 Å². The lowest BCUT2D eigenvalue weighted by Crippen LogP contribution is -2.35. The number of sulfonamides is 1. The van der Waals surface area contributed by atoms with E-state index in [9.17, 15) is 22.0 Å². The molecule has 0 unspecified atom stereocenters. The maximum absolute atomic E-state index is 13.7. The van der Waals surface area contributed by atoms with Gasteiger partial charge in [0, 0.05) is 18.8 Å². The lowest BCUT2D eigenvalue weighted by Gasteiger charge is -2.18. The Kier molecular flexibility index (Phi) is 5.86. The van der Waals surface area contributed by atoms with Gasteiger partial charge in [-0.3, -0.25) is 4.79 Å². The van der Waals surface area contributed by atoms with Gasteiger partial charge >= 0.3 is 0 Å². The highest BCUT2D eigenvalue weighted by atomic mass is 32.2. The minimum absolute atomic E-state index is 0.484. The molecule has 0 aliphatic heterocycles. The monoisotopic (exact) mass is 368 g/mol. The first-order chi connectivity index (χ1) is 11.8.